The molecule has 1 saturated heterocycles. The van der Waals surface area contributed by atoms with Crippen molar-refractivity contribution in [1.82, 2.24) is 0 Å². The Morgan fingerprint density at radius 1 is 1.32 bits per heavy atom. The number of benzene rings is 1. The first kappa shape index (κ1) is 14.9. The second-order valence-electron chi connectivity index (χ2n) is 5.42. The minimum atomic E-state index is 0.227. The van der Waals surface area contributed by atoms with Gasteiger partial charge in [-0.1, -0.05) is 28.1 Å². The smallest absolute Gasteiger partial charge is 0.119 e. The average molecular weight is 327 g/mol. The summed E-state index contributed by atoms with van der Waals surface area (Å²) in [7, 11) is 0. The maximum absolute atomic E-state index is 5.66. The van der Waals surface area contributed by atoms with Crippen LogP contribution in [0.1, 0.15) is 49.9 Å². The molecule has 2 unspecified atom stereocenters. The van der Waals surface area contributed by atoms with Crippen LogP contribution >= 0.6 is 15.9 Å². The third-order valence-corrected chi connectivity index (χ3v) is 4.37. The first-order chi connectivity index (χ1) is 9.15. The molecule has 106 valence electrons. The van der Waals surface area contributed by atoms with Crippen molar-refractivity contribution < 1.29 is 9.47 Å². The molecule has 0 aromatic heterocycles. The third-order valence-electron chi connectivity index (χ3n) is 3.38. The molecular formula is C16H23BrO2. The highest BCUT2D eigenvalue weighted by atomic mass is 79.9. The first-order valence-electron chi connectivity index (χ1n) is 7.17. The van der Waals surface area contributed by atoms with Crippen molar-refractivity contribution in [2.75, 3.05) is 6.61 Å². The maximum atomic E-state index is 5.66. The van der Waals surface area contributed by atoms with Gasteiger partial charge in [0.15, 0.2) is 0 Å². The van der Waals surface area contributed by atoms with Crippen LogP contribution in [0, 0.1) is 0 Å². The molecule has 0 radical (unpaired) electrons. The topological polar surface area (TPSA) is 18.5 Å². The zero-order chi connectivity index (χ0) is 13.7. The molecule has 3 heteroatoms. The molecule has 0 amide bonds. The van der Waals surface area contributed by atoms with E-state index in [0.717, 1.165) is 25.2 Å². The number of rotatable bonds is 6. The van der Waals surface area contributed by atoms with Crippen LogP contribution < -0.4 is 4.74 Å². The van der Waals surface area contributed by atoms with Gasteiger partial charge < -0.3 is 9.47 Å². The highest BCUT2D eigenvalue weighted by Crippen LogP contribution is 2.31. The predicted octanol–water partition coefficient (Wildman–Crippen LogP) is 4.87. The van der Waals surface area contributed by atoms with Crippen LogP contribution in [-0.2, 0) is 4.74 Å². The van der Waals surface area contributed by atoms with E-state index in [-0.39, 0.29) is 6.10 Å². The van der Waals surface area contributed by atoms with Gasteiger partial charge in [0.2, 0.25) is 0 Å². The summed E-state index contributed by atoms with van der Waals surface area (Å²) in [5.41, 5.74) is 1.31. The van der Waals surface area contributed by atoms with Crippen molar-refractivity contribution in [3.63, 3.8) is 0 Å². The van der Waals surface area contributed by atoms with Crippen LogP contribution in [0.25, 0.3) is 0 Å². The molecule has 2 rings (SSSR count). The van der Waals surface area contributed by atoms with Gasteiger partial charge in [-0.15, -0.1) is 0 Å². The van der Waals surface area contributed by atoms with Crippen LogP contribution in [0.15, 0.2) is 24.3 Å². The van der Waals surface area contributed by atoms with Gasteiger partial charge in [-0.25, -0.2) is 0 Å². The average Bonchev–Trinajstić information content (AvgIpc) is 2.89. The molecule has 1 aliphatic heterocycles. The lowest BCUT2D eigenvalue weighted by Gasteiger charge is -2.15. The summed E-state index contributed by atoms with van der Waals surface area (Å²) >= 11 is 3.77. The molecule has 0 saturated carbocycles. The Bertz CT molecular complexity index is 369. The van der Waals surface area contributed by atoms with Crippen LogP contribution in [0.3, 0.4) is 0 Å². The minimum Gasteiger partial charge on any atom is -0.491 e. The van der Waals surface area contributed by atoms with E-state index in [9.17, 15) is 0 Å². The Morgan fingerprint density at radius 3 is 2.63 bits per heavy atom. The van der Waals surface area contributed by atoms with Gasteiger partial charge in [0.25, 0.3) is 0 Å². The molecule has 0 N–H and O–H groups in total. The van der Waals surface area contributed by atoms with Gasteiger partial charge in [0.05, 0.1) is 12.2 Å². The van der Waals surface area contributed by atoms with Gasteiger partial charge in [-0.2, -0.15) is 0 Å². The van der Waals surface area contributed by atoms with Gasteiger partial charge in [0.1, 0.15) is 5.75 Å². The Kier molecular flexibility index (Phi) is 5.71. The fourth-order valence-electron chi connectivity index (χ4n) is 2.40. The number of hydrogen-bond donors (Lipinski definition) is 0. The fraction of sp³-hybridized carbons (Fsp3) is 0.625. The SMILES string of the molecule is CC(C)Oc1ccc(C(Br)CCC2CCCO2)cc1. The van der Waals surface area contributed by atoms with E-state index in [0.29, 0.717) is 10.9 Å². The van der Waals surface area contributed by atoms with E-state index in [1.54, 1.807) is 0 Å². The molecule has 0 spiro atoms. The molecule has 0 aliphatic carbocycles. The van der Waals surface area contributed by atoms with Crippen LogP contribution in [0.4, 0.5) is 0 Å². The summed E-state index contributed by atoms with van der Waals surface area (Å²) < 4.78 is 11.3. The second-order valence-corrected chi connectivity index (χ2v) is 6.52. The lowest BCUT2D eigenvalue weighted by Crippen LogP contribution is -2.06. The maximum Gasteiger partial charge on any atom is 0.119 e. The van der Waals surface area contributed by atoms with Crippen molar-refractivity contribution in [3.8, 4) is 5.75 Å². The number of ether oxygens (including phenoxy) is 2. The molecule has 1 heterocycles. The van der Waals surface area contributed by atoms with Crippen molar-refractivity contribution in [3.05, 3.63) is 29.8 Å². The largest absolute Gasteiger partial charge is 0.491 e. The van der Waals surface area contributed by atoms with Gasteiger partial charge in [-0.3, -0.25) is 0 Å². The Morgan fingerprint density at radius 2 is 2.05 bits per heavy atom. The Labute approximate surface area is 124 Å². The van der Waals surface area contributed by atoms with E-state index >= 15 is 0 Å². The van der Waals surface area contributed by atoms with Crippen LogP contribution in [-0.4, -0.2) is 18.8 Å². The second kappa shape index (κ2) is 7.30. The summed E-state index contributed by atoms with van der Waals surface area (Å²) in [6.45, 7) is 5.03. The lowest BCUT2D eigenvalue weighted by molar-refractivity contribution is 0.102. The number of alkyl halides is 1. The Balaban J connectivity index is 1.82. The standard InChI is InChI=1S/C16H23BrO2/c1-12(2)19-15-7-5-13(6-8-15)16(17)10-9-14-4-3-11-18-14/h5-8,12,14,16H,3-4,9-11H2,1-2H3. The molecular weight excluding hydrogens is 304 g/mol. The van der Waals surface area contributed by atoms with E-state index < -0.39 is 0 Å². The molecule has 19 heavy (non-hydrogen) atoms. The summed E-state index contributed by atoms with van der Waals surface area (Å²) in [4.78, 5) is 0.407. The highest BCUT2D eigenvalue weighted by Gasteiger charge is 2.17. The molecule has 2 nitrogen and oxygen atoms in total. The number of hydrogen-bond acceptors (Lipinski definition) is 2. The van der Waals surface area contributed by atoms with E-state index in [2.05, 4.69) is 40.2 Å². The van der Waals surface area contributed by atoms with Crippen molar-refractivity contribution >= 4 is 15.9 Å². The molecule has 1 fully saturated rings. The predicted molar refractivity (Wildman–Crippen MR) is 82.1 cm³/mol. The van der Waals surface area contributed by atoms with Crippen molar-refractivity contribution in [1.29, 1.82) is 0 Å². The van der Waals surface area contributed by atoms with Crippen LogP contribution in [0.2, 0.25) is 0 Å². The molecule has 0 bridgehead atoms. The summed E-state index contributed by atoms with van der Waals surface area (Å²) in [6, 6.07) is 8.39. The summed E-state index contributed by atoms with van der Waals surface area (Å²) in [6.07, 6.45) is 5.41. The zero-order valence-corrected chi connectivity index (χ0v) is 13.4. The quantitative estimate of drug-likeness (QED) is 0.694. The first-order valence-corrected chi connectivity index (χ1v) is 8.09. The van der Waals surface area contributed by atoms with E-state index in [1.165, 1.54) is 18.4 Å². The fourth-order valence-corrected chi connectivity index (χ4v) is 2.97. The van der Waals surface area contributed by atoms with Crippen LogP contribution in [0.5, 0.6) is 5.75 Å². The van der Waals surface area contributed by atoms with Crippen molar-refractivity contribution in [2.45, 2.75) is 56.6 Å². The van der Waals surface area contributed by atoms with Crippen molar-refractivity contribution in [2.24, 2.45) is 0 Å². The lowest BCUT2D eigenvalue weighted by atomic mass is 10.0. The molecule has 1 aromatic rings. The zero-order valence-electron chi connectivity index (χ0n) is 11.8. The molecule has 1 aromatic carbocycles. The normalized spacial score (nSPS) is 20.7. The molecule has 2 atom stereocenters. The Hall–Kier alpha value is -0.540. The van der Waals surface area contributed by atoms with E-state index in [4.69, 9.17) is 9.47 Å². The minimum absolute atomic E-state index is 0.227. The van der Waals surface area contributed by atoms with Gasteiger partial charge in [-0.05, 0) is 57.2 Å². The van der Waals surface area contributed by atoms with Gasteiger partial charge in [0, 0.05) is 11.4 Å². The van der Waals surface area contributed by atoms with E-state index in [1.807, 2.05) is 13.8 Å². The summed E-state index contributed by atoms with van der Waals surface area (Å²) in [5, 5.41) is 0. The third kappa shape index (κ3) is 4.81. The monoisotopic (exact) mass is 326 g/mol. The molecule has 1 aliphatic rings. The summed E-state index contributed by atoms with van der Waals surface area (Å²) in [5.74, 6) is 0.942. The highest BCUT2D eigenvalue weighted by molar-refractivity contribution is 9.09. The van der Waals surface area contributed by atoms with Gasteiger partial charge >= 0.3 is 0 Å². The number of halogens is 1.